The lowest BCUT2D eigenvalue weighted by Crippen LogP contribution is -2.49. The van der Waals surface area contributed by atoms with Crippen LogP contribution in [-0.4, -0.2) is 32.4 Å². The zero-order chi connectivity index (χ0) is 9.52. The maximum Gasteiger partial charge on any atom is 0.285 e. The quantitative estimate of drug-likeness (QED) is 0.585. The molecule has 1 aliphatic heterocycles. The molecular weight excluding hydrogens is 176 g/mol. The second-order valence-electron chi connectivity index (χ2n) is 3.80. The summed E-state index contributed by atoms with van der Waals surface area (Å²) in [5.74, 6) is 0. The average molecular weight is 190 g/mol. The molecule has 1 saturated heterocycles. The van der Waals surface area contributed by atoms with Gasteiger partial charge in [-0.25, -0.2) is 0 Å². The highest BCUT2D eigenvalue weighted by Crippen LogP contribution is 2.32. The minimum atomic E-state index is -0.859. The number of amides is 1. The lowest BCUT2D eigenvalue weighted by atomic mass is 10.1. The number of carbonyl (C=O) groups excluding carboxylic acids is 1. The number of hydrogen-bond donors (Lipinski definition) is 2. The molecule has 0 bridgehead atoms. The van der Waals surface area contributed by atoms with Gasteiger partial charge < -0.3 is 15.7 Å². The van der Waals surface area contributed by atoms with E-state index >= 15 is 0 Å². The van der Waals surface area contributed by atoms with E-state index in [1.807, 2.05) is 20.8 Å². The number of nitrogens with two attached hydrogens (primary N) is 1. The predicted molar refractivity (Wildman–Crippen MR) is 48.6 cm³/mol. The summed E-state index contributed by atoms with van der Waals surface area (Å²) in [6.07, 6.45) is -0.859. The van der Waals surface area contributed by atoms with Gasteiger partial charge >= 0.3 is 0 Å². The van der Waals surface area contributed by atoms with E-state index in [-0.39, 0.29) is 10.8 Å². The van der Waals surface area contributed by atoms with Crippen molar-refractivity contribution in [1.29, 1.82) is 0 Å². The summed E-state index contributed by atoms with van der Waals surface area (Å²) in [7, 11) is 0. The Kier molecular flexibility index (Phi) is 2.38. The Hall–Kier alpha value is -0.260. The molecule has 5 heteroatoms. The van der Waals surface area contributed by atoms with Crippen LogP contribution in [0.15, 0.2) is 0 Å². The summed E-state index contributed by atoms with van der Waals surface area (Å²) >= 11 is 0.978. The summed E-state index contributed by atoms with van der Waals surface area (Å²) in [6.45, 7) is 5.60. The highest BCUT2D eigenvalue weighted by atomic mass is 32.2. The molecule has 0 aromatic carbocycles. The monoisotopic (exact) mass is 190 g/mol. The molecule has 0 radical (unpaired) electrons. The molecule has 12 heavy (non-hydrogen) atoms. The Morgan fingerprint density at radius 1 is 1.58 bits per heavy atom. The number of rotatable bonds is 0. The van der Waals surface area contributed by atoms with E-state index in [0.29, 0.717) is 0 Å². The number of hydrogen-bond acceptors (Lipinski definition) is 4. The molecule has 70 valence electrons. The first kappa shape index (κ1) is 9.83. The third-order valence-corrected chi connectivity index (χ3v) is 2.63. The van der Waals surface area contributed by atoms with Gasteiger partial charge in [0.05, 0.1) is 0 Å². The van der Waals surface area contributed by atoms with Crippen molar-refractivity contribution in [3.8, 4) is 0 Å². The van der Waals surface area contributed by atoms with Crippen molar-refractivity contribution in [3.05, 3.63) is 0 Å². The van der Waals surface area contributed by atoms with E-state index in [4.69, 9.17) is 5.73 Å². The Bertz CT molecular complexity index is 202. The zero-order valence-electron chi connectivity index (χ0n) is 7.44. The Labute approximate surface area is 76.1 Å². The second-order valence-corrected chi connectivity index (χ2v) is 4.93. The molecule has 0 aliphatic carbocycles. The lowest BCUT2D eigenvalue weighted by Gasteiger charge is -2.34. The van der Waals surface area contributed by atoms with Crippen molar-refractivity contribution in [2.75, 3.05) is 0 Å². The fourth-order valence-electron chi connectivity index (χ4n) is 1.16. The zero-order valence-corrected chi connectivity index (χ0v) is 8.26. The van der Waals surface area contributed by atoms with Crippen LogP contribution in [0, 0.1) is 0 Å². The number of aliphatic hydroxyl groups excluding tert-OH is 1. The Morgan fingerprint density at radius 2 is 2.08 bits per heavy atom. The average Bonchev–Trinajstić information content (AvgIpc) is 2.05. The van der Waals surface area contributed by atoms with Crippen molar-refractivity contribution in [2.24, 2.45) is 5.73 Å². The topological polar surface area (TPSA) is 66.6 Å². The van der Waals surface area contributed by atoms with Gasteiger partial charge in [-0.3, -0.25) is 4.79 Å². The standard InChI is InChI=1S/C7H14N2O2S/c1-7(2,3)9-5(10)4(8)12-6(9)11/h4-5,10H,8H2,1-3H3. The van der Waals surface area contributed by atoms with E-state index < -0.39 is 11.6 Å². The fraction of sp³-hybridized carbons (Fsp3) is 0.857. The summed E-state index contributed by atoms with van der Waals surface area (Å²) < 4.78 is 0. The van der Waals surface area contributed by atoms with Gasteiger partial charge in [-0.2, -0.15) is 0 Å². The first-order valence-electron chi connectivity index (χ1n) is 3.77. The van der Waals surface area contributed by atoms with Gasteiger partial charge in [0, 0.05) is 5.54 Å². The molecule has 1 rings (SSSR count). The first-order chi connectivity index (χ1) is 5.34. The van der Waals surface area contributed by atoms with E-state index in [9.17, 15) is 9.90 Å². The van der Waals surface area contributed by atoms with Crippen LogP contribution in [0.5, 0.6) is 0 Å². The van der Waals surface area contributed by atoms with Crippen LogP contribution in [0.3, 0.4) is 0 Å². The van der Waals surface area contributed by atoms with Crippen molar-refractivity contribution in [3.63, 3.8) is 0 Å². The minimum absolute atomic E-state index is 0.150. The highest BCUT2D eigenvalue weighted by molar-refractivity contribution is 8.14. The van der Waals surface area contributed by atoms with Crippen LogP contribution < -0.4 is 5.73 Å². The molecule has 1 aliphatic rings. The maximum absolute atomic E-state index is 11.3. The molecule has 0 aromatic rings. The molecular formula is C7H14N2O2S. The van der Waals surface area contributed by atoms with Gasteiger partial charge in [-0.15, -0.1) is 0 Å². The summed E-state index contributed by atoms with van der Waals surface area (Å²) in [4.78, 5) is 12.7. The van der Waals surface area contributed by atoms with Crippen molar-refractivity contribution in [1.82, 2.24) is 4.90 Å². The van der Waals surface area contributed by atoms with Crippen molar-refractivity contribution >= 4 is 17.0 Å². The smallest absolute Gasteiger partial charge is 0.285 e. The highest BCUT2D eigenvalue weighted by Gasteiger charge is 2.43. The van der Waals surface area contributed by atoms with Crippen LogP contribution in [0.1, 0.15) is 20.8 Å². The van der Waals surface area contributed by atoms with Crippen molar-refractivity contribution in [2.45, 2.75) is 37.9 Å². The molecule has 0 aromatic heterocycles. The van der Waals surface area contributed by atoms with E-state index in [1.54, 1.807) is 0 Å². The van der Waals surface area contributed by atoms with Gasteiger partial charge in [0.2, 0.25) is 0 Å². The Morgan fingerprint density at radius 3 is 2.25 bits per heavy atom. The lowest BCUT2D eigenvalue weighted by molar-refractivity contribution is -0.000924. The van der Waals surface area contributed by atoms with Gasteiger partial charge in [0.1, 0.15) is 5.37 Å². The van der Waals surface area contributed by atoms with Gasteiger partial charge in [-0.1, -0.05) is 0 Å². The third kappa shape index (κ3) is 1.57. The normalized spacial score (nSPS) is 31.4. The molecule has 1 heterocycles. The number of carbonyl (C=O) groups is 1. The van der Waals surface area contributed by atoms with Crippen LogP contribution >= 0.6 is 11.8 Å². The molecule has 0 saturated carbocycles. The maximum atomic E-state index is 11.3. The molecule has 1 fully saturated rings. The SMILES string of the molecule is CC(C)(C)N1C(=O)SC(N)C1O. The summed E-state index contributed by atoms with van der Waals surface area (Å²) in [6, 6.07) is 0. The molecule has 4 nitrogen and oxygen atoms in total. The van der Waals surface area contributed by atoms with Gasteiger partial charge in [-0.05, 0) is 32.5 Å². The number of nitrogens with zero attached hydrogens (tertiary/aromatic N) is 1. The summed E-state index contributed by atoms with van der Waals surface area (Å²) in [5, 5.41) is 8.86. The molecule has 2 atom stereocenters. The predicted octanol–water partition coefficient (Wildman–Crippen LogP) is 0.557. The third-order valence-electron chi connectivity index (χ3n) is 1.71. The van der Waals surface area contributed by atoms with Crippen LogP contribution in [0.2, 0.25) is 0 Å². The second kappa shape index (κ2) is 2.90. The van der Waals surface area contributed by atoms with Crippen molar-refractivity contribution < 1.29 is 9.90 Å². The minimum Gasteiger partial charge on any atom is -0.371 e. The molecule has 3 N–H and O–H groups in total. The van der Waals surface area contributed by atoms with E-state index in [0.717, 1.165) is 11.8 Å². The molecule has 1 amide bonds. The molecule has 0 spiro atoms. The molecule has 2 unspecified atom stereocenters. The number of aliphatic hydroxyl groups is 1. The van der Waals surface area contributed by atoms with Gasteiger partial charge in [0.15, 0.2) is 6.23 Å². The van der Waals surface area contributed by atoms with Crippen LogP contribution in [-0.2, 0) is 0 Å². The van der Waals surface area contributed by atoms with Crippen LogP contribution in [0.4, 0.5) is 4.79 Å². The van der Waals surface area contributed by atoms with E-state index in [2.05, 4.69) is 0 Å². The number of thioether (sulfide) groups is 1. The Balaban J connectivity index is 2.84. The van der Waals surface area contributed by atoms with Gasteiger partial charge in [0.25, 0.3) is 5.24 Å². The fourth-order valence-corrected chi connectivity index (χ4v) is 2.13. The summed E-state index contributed by atoms with van der Waals surface area (Å²) in [5.41, 5.74) is 5.14. The van der Waals surface area contributed by atoms with Crippen LogP contribution in [0.25, 0.3) is 0 Å². The first-order valence-corrected chi connectivity index (χ1v) is 4.65. The van der Waals surface area contributed by atoms with E-state index in [1.165, 1.54) is 4.90 Å². The largest absolute Gasteiger partial charge is 0.371 e.